The van der Waals surface area contributed by atoms with Gasteiger partial charge in [-0.3, -0.25) is 0 Å². The van der Waals surface area contributed by atoms with Crippen LogP contribution in [0.5, 0.6) is 0 Å². The van der Waals surface area contributed by atoms with Crippen LogP contribution in [0.2, 0.25) is 10.0 Å². The van der Waals surface area contributed by atoms with Gasteiger partial charge in [0.05, 0.1) is 16.2 Å². The van der Waals surface area contributed by atoms with Crippen LogP contribution in [0.3, 0.4) is 0 Å². The van der Waals surface area contributed by atoms with Crippen LogP contribution >= 0.6 is 23.2 Å². The SMILES string of the molecule is Clc1cccc(-c2cn[c]o2)c1Cl. The predicted molar refractivity (Wildman–Crippen MR) is 50.8 cm³/mol. The zero-order valence-electron chi connectivity index (χ0n) is 6.42. The Bertz CT molecular complexity index is 412. The highest BCUT2D eigenvalue weighted by Crippen LogP contribution is 2.32. The Hall–Kier alpha value is -0.990. The minimum absolute atomic E-state index is 0.467. The summed E-state index contributed by atoms with van der Waals surface area (Å²) in [5.74, 6) is 0.563. The van der Waals surface area contributed by atoms with E-state index in [2.05, 4.69) is 11.4 Å². The smallest absolute Gasteiger partial charge is 0.284 e. The molecule has 0 saturated carbocycles. The van der Waals surface area contributed by atoms with E-state index in [1.807, 2.05) is 6.07 Å². The van der Waals surface area contributed by atoms with Crippen LogP contribution in [0.1, 0.15) is 0 Å². The summed E-state index contributed by atoms with van der Waals surface area (Å²) in [6.45, 7) is 0. The molecule has 0 atom stereocenters. The van der Waals surface area contributed by atoms with Crippen molar-refractivity contribution in [2.24, 2.45) is 0 Å². The van der Waals surface area contributed by atoms with Gasteiger partial charge in [-0.25, -0.2) is 4.98 Å². The van der Waals surface area contributed by atoms with Gasteiger partial charge in [0.25, 0.3) is 6.39 Å². The van der Waals surface area contributed by atoms with Gasteiger partial charge in [-0.2, -0.15) is 0 Å². The predicted octanol–water partition coefficient (Wildman–Crippen LogP) is 3.45. The largest absolute Gasteiger partial charge is 0.432 e. The minimum atomic E-state index is 0.467. The maximum absolute atomic E-state index is 5.95. The molecule has 1 heterocycles. The zero-order valence-corrected chi connectivity index (χ0v) is 7.93. The van der Waals surface area contributed by atoms with Gasteiger partial charge in [0, 0.05) is 5.56 Å². The summed E-state index contributed by atoms with van der Waals surface area (Å²) in [6, 6.07) is 5.32. The van der Waals surface area contributed by atoms with E-state index in [-0.39, 0.29) is 0 Å². The van der Waals surface area contributed by atoms with Crippen LogP contribution in [0.4, 0.5) is 0 Å². The van der Waals surface area contributed by atoms with Gasteiger partial charge in [-0.15, -0.1) is 0 Å². The summed E-state index contributed by atoms with van der Waals surface area (Å²) in [6.07, 6.45) is 3.89. The van der Waals surface area contributed by atoms with Gasteiger partial charge in [0.2, 0.25) is 0 Å². The molecule has 0 aliphatic heterocycles. The molecule has 13 heavy (non-hydrogen) atoms. The Morgan fingerprint density at radius 1 is 1.31 bits per heavy atom. The zero-order chi connectivity index (χ0) is 9.26. The standard InChI is InChI=1S/C9H4Cl2NO/c10-7-3-1-2-6(9(7)11)8-4-12-5-13-8/h1-4H. The van der Waals surface area contributed by atoms with E-state index in [9.17, 15) is 0 Å². The first-order valence-electron chi connectivity index (χ1n) is 3.55. The molecule has 0 aliphatic rings. The summed E-state index contributed by atoms with van der Waals surface area (Å²) >= 11 is 11.8. The van der Waals surface area contributed by atoms with Gasteiger partial charge < -0.3 is 4.42 Å². The third kappa shape index (κ3) is 1.55. The van der Waals surface area contributed by atoms with Crippen molar-refractivity contribution < 1.29 is 4.42 Å². The van der Waals surface area contributed by atoms with E-state index in [1.165, 1.54) is 6.20 Å². The molecule has 2 nitrogen and oxygen atoms in total. The average Bonchev–Trinajstić information content (AvgIpc) is 2.62. The molecule has 2 rings (SSSR count). The van der Waals surface area contributed by atoms with Crippen LogP contribution in [0, 0.1) is 6.39 Å². The van der Waals surface area contributed by atoms with Crippen LogP contribution in [-0.4, -0.2) is 4.98 Å². The highest BCUT2D eigenvalue weighted by molar-refractivity contribution is 6.43. The minimum Gasteiger partial charge on any atom is -0.432 e. The molecule has 0 aliphatic carbocycles. The van der Waals surface area contributed by atoms with Crippen molar-refractivity contribution in [2.75, 3.05) is 0 Å². The first-order chi connectivity index (χ1) is 6.29. The molecular weight excluding hydrogens is 209 g/mol. The van der Waals surface area contributed by atoms with Crippen LogP contribution in [-0.2, 0) is 0 Å². The number of rotatable bonds is 1. The molecule has 4 heteroatoms. The molecule has 0 amide bonds. The summed E-state index contributed by atoms with van der Waals surface area (Å²) in [4.78, 5) is 3.68. The van der Waals surface area contributed by atoms with Crippen LogP contribution < -0.4 is 0 Å². The Morgan fingerprint density at radius 2 is 2.15 bits per heavy atom. The van der Waals surface area contributed by atoms with Crippen molar-refractivity contribution in [3.8, 4) is 11.3 Å². The van der Waals surface area contributed by atoms with Crippen molar-refractivity contribution in [3.63, 3.8) is 0 Å². The molecule has 2 aromatic rings. The van der Waals surface area contributed by atoms with Crippen molar-refractivity contribution in [1.29, 1.82) is 0 Å². The normalized spacial score (nSPS) is 10.3. The first kappa shape index (κ1) is 8.60. The van der Waals surface area contributed by atoms with E-state index in [4.69, 9.17) is 27.6 Å². The summed E-state index contributed by atoms with van der Waals surface area (Å²) in [5, 5.41) is 0.963. The number of aromatic nitrogens is 1. The van der Waals surface area contributed by atoms with Gasteiger partial charge in [-0.1, -0.05) is 29.3 Å². The molecule has 0 saturated heterocycles. The van der Waals surface area contributed by atoms with Crippen molar-refractivity contribution in [3.05, 3.63) is 40.8 Å². The van der Waals surface area contributed by atoms with Crippen molar-refractivity contribution in [2.45, 2.75) is 0 Å². The quantitative estimate of drug-likeness (QED) is 0.724. The number of halogens is 2. The molecule has 0 unspecified atom stereocenters. The van der Waals surface area contributed by atoms with E-state index in [0.717, 1.165) is 5.56 Å². The molecule has 1 aromatic carbocycles. The fraction of sp³-hybridized carbons (Fsp3) is 0. The third-order valence-corrected chi connectivity index (χ3v) is 2.43. The highest BCUT2D eigenvalue weighted by Gasteiger charge is 2.08. The van der Waals surface area contributed by atoms with Crippen molar-refractivity contribution >= 4 is 23.2 Å². The lowest BCUT2D eigenvalue weighted by Gasteiger charge is -2.00. The number of oxazole rings is 1. The Labute approximate surface area is 85.1 Å². The van der Waals surface area contributed by atoms with Gasteiger partial charge in [-0.05, 0) is 12.1 Å². The number of hydrogen-bond donors (Lipinski definition) is 0. The number of hydrogen-bond acceptors (Lipinski definition) is 2. The molecule has 0 fully saturated rings. The topological polar surface area (TPSA) is 26.0 Å². The Morgan fingerprint density at radius 3 is 2.85 bits per heavy atom. The number of benzene rings is 1. The lowest BCUT2D eigenvalue weighted by Crippen LogP contribution is -1.76. The molecule has 0 spiro atoms. The molecular formula is C9H4Cl2NO. The lowest BCUT2D eigenvalue weighted by atomic mass is 10.2. The number of nitrogens with zero attached hydrogens (tertiary/aromatic N) is 1. The van der Waals surface area contributed by atoms with Gasteiger partial charge in [0.1, 0.15) is 0 Å². The van der Waals surface area contributed by atoms with Gasteiger partial charge >= 0.3 is 0 Å². The second-order valence-corrected chi connectivity index (χ2v) is 3.20. The molecule has 1 radical (unpaired) electrons. The monoisotopic (exact) mass is 212 g/mol. The first-order valence-corrected chi connectivity index (χ1v) is 4.31. The maximum Gasteiger partial charge on any atom is 0.284 e. The molecule has 65 valence electrons. The maximum atomic E-state index is 5.95. The van der Waals surface area contributed by atoms with E-state index >= 15 is 0 Å². The Balaban J connectivity index is 2.59. The van der Waals surface area contributed by atoms with Gasteiger partial charge in [0.15, 0.2) is 5.76 Å². The second-order valence-electron chi connectivity index (χ2n) is 2.42. The lowest BCUT2D eigenvalue weighted by molar-refractivity contribution is 0.562. The van der Waals surface area contributed by atoms with E-state index < -0.39 is 0 Å². The highest BCUT2D eigenvalue weighted by atomic mass is 35.5. The fourth-order valence-electron chi connectivity index (χ4n) is 1.01. The van der Waals surface area contributed by atoms with Crippen LogP contribution in [0.15, 0.2) is 28.8 Å². The molecule has 0 bridgehead atoms. The summed E-state index contributed by atoms with van der Waals surface area (Å²) < 4.78 is 4.98. The fourth-order valence-corrected chi connectivity index (χ4v) is 1.40. The molecule has 1 aromatic heterocycles. The average molecular weight is 213 g/mol. The van der Waals surface area contributed by atoms with E-state index in [1.54, 1.807) is 12.1 Å². The summed E-state index contributed by atoms with van der Waals surface area (Å²) in [5.41, 5.74) is 0.725. The summed E-state index contributed by atoms with van der Waals surface area (Å²) in [7, 11) is 0. The van der Waals surface area contributed by atoms with Crippen LogP contribution in [0.25, 0.3) is 11.3 Å². The van der Waals surface area contributed by atoms with E-state index in [0.29, 0.717) is 15.8 Å². The molecule has 0 N–H and O–H groups in total. The Kier molecular flexibility index (Phi) is 2.25. The van der Waals surface area contributed by atoms with Crippen molar-refractivity contribution in [1.82, 2.24) is 4.98 Å². The third-order valence-electron chi connectivity index (χ3n) is 1.61. The second kappa shape index (κ2) is 3.40.